The average molecular weight is 365 g/mol. The van der Waals surface area contributed by atoms with Crippen LogP contribution in [0.4, 0.5) is 0 Å². The molecule has 1 aromatic carbocycles. The molecule has 7 nitrogen and oxygen atoms in total. The number of ketones is 2. The maximum atomic E-state index is 13.3. The standard InChI is InChI=1S/C20H20N4O3/c1-13-23(9-10-27-2)17-18(24(13)12-14-11-21-7-8-22-14)20(26)16-6-4-3-5-15(16)19(17)25/h3-8,11,13H,9-10,12H2,1-2H3/p+1. The number of rotatable bonds is 5. The number of carbonyl (C=O) groups is 2. The molecule has 0 bridgehead atoms. The van der Waals surface area contributed by atoms with E-state index in [1.165, 1.54) is 0 Å². The number of benzene rings is 1. The lowest BCUT2D eigenvalue weighted by Crippen LogP contribution is -3.14. The highest BCUT2D eigenvalue weighted by Crippen LogP contribution is 2.30. The predicted octanol–water partition coefficient (Wildman–Crippen LogP) is 0.460. The minimum Gasteiger partial charge on any atom is -0.379 e. The van der Waals surface area contributed by atoms with Gasteiger partial charge in [-0.15, -0.1) is 0 Å². The fourth-order valence-corrected chi connectivity index (χ4v) is 3.87. The van der Waals surface area contributed by atoms with Crippen molar-refractivity contribution in [3.05, 3.63) is 71.1 Å². The molecule has 0 saturated heterocycles. The third-order valence-electron chi connectivity index (χ3n) is 5.20. The summed E-state index contributed by atoms with van der Waals surface area (Å²) in [6, 6.07) is 7.03. The molecule has 2 unspecified atom stereocenters. The second kappa shape index (κ2) is 7.02. The van der Waals surface area contributed by atoms with Crippen molar-refractivity contribution in [2.75, 3.05) is 20.3 Å². The first-order valence-corrected chi connectivity index (χ1v) is 8.92. The molecule has 0 fully saturated rings. The topological polar surface area (TPSA) is 76.8 Å². The normalized spacial score (nSPS) is 21.5. The van der Waals surface area contributed by atoms with Crippen molar-refractivity contribution >= 4 is 11.6 Å². The molecular weight excluding hydrogens is 344 g/mol. The van der Waals surface area contributed by atoms with Gasteiger partial charge in [0.25, 0.3) is 0 Å². The number of aromatic nitrogens is 2. The summed E-state index contributed by atoms with van der Waals surface area (Å²) in [5.41, 5.74) is 2.70. The Kier molecular flexibility index (Phi) is 4.55. The van der Waals surface area contributed by atoms with Gasteiger partial charge in [-0.1, -0.05) is 24.3 Å². The van der Waals surface area contributed by atoms with E-state index in [0.717, 1.165) is 10.6 Å². The number of quaternary nitrogens is 1. The number of hydrogen-bond donors (Lipinski definition) is 1. The van der Waals surface area contributed by atoms with Crippen LogP contribution in [0.25, 0.3) is 0 Å². The summed E-state index contributed by atoms with van der Waals surface area (Å²) in [4.78, 5) is 37.9. The Labute approximate surface area is 157 Å². The lowest BCUT2D eigenvalue weighted by molar-refractivity contribution is -0.884. The minimum absolute atomic E-state index is 0.0835. The van der Waals surface area contributed by atoms with Gasteiger partial charge in [0.2, 0.25) is 17.3 Å². The third kappa shape index (κ3) is 2.85. The quantitative estimate of drug-likeness (QED) is 0.830. The zero-order valence-electron chi connectivity index (χ0n) is 15.3. The molecule has 1 aliphatic heterocycles. The van der Waals surface area contributed by atoms with Crippen molar-refractivity contribution < 1.29 is 19.2 Å². The molecule has 138 valence electrons. The monoisotopic (exact) mass is 365 g/mol. The van der Waals surface area contributed by atoms with Gasteiger partial charge in [-0.25, -0.2) is 0 Å². The summed E-state index contributed by atoms with van der Waals surface area (Å²) in [5, 5.41) is 0. The van der Waals surface area contributed by atoms with Crippen molar-refractivity contribution in [3.63, 3.8) is 0 Å². The molecule has 1 N–H and O–H groups in total. The Morgan fingerprint density at radius 1 is 1.15 bits per heavy atom. The van der Waals surface area contributed by atoms with Crippen LogP contribution in [0.15, 0.2) is 54.3 Å². The van der Waals surface area contributed by atoms with Crippen LogP contribution in [0, 0.1) is 0 Å². The number of nitrogens with zero attached hydrogens (tertiary/aromatic N) is 3. The van der Waals surface area contributed by atoms with Gasteiger partial charge in [0.15, 0.2) is 11.9 Å². The van der Waals surface area contributed by atoms with Gasteiger partial charge in [-0.3, -0.25) is 24.5 Å². The summed E-state index contributed by atoms with van der Waals surface area (Å²) in [7, 11) is 1.63. The SMILES string of the molecule is COCC[NH+]1C2=C(C(=O)c3ccccc3C2=O)N(Cc2cnccn2)C1C. The van der Waals surface area contributed by atoms with Crippen LogP contribution < -0.4 is 4.90 Å². The van der Waals surface area contributed by atoms with Gasteiger partial charge in [0, 0.05) is 37.6 Å². The van der Waals surface area contributed by atoms with Crippen LogP contribution in [0.1, 0.15) is 33.3 Å². The number of nitrogens with one attached hydrogen (secondary N) is 1. The summed E-state index contributed by atoms with van der Waals surface area (Å²) in [5.74, 6) is -0.192. The average Bonchev–Trinajstić information content (AvgIpc) is 2.97. The minimum atomic E-state index is -0.108. The molecule has 0 spiro atoms. The van der Waals surface area contributed by atoms with E-state index in [2.05, 4.69) is 9.97 Å². The van der Waals surface area contributed by atoms with Crippen LogP contribution in [0.2, 0.25) is 0 Å². The van der Waals surface area contributed by atoms with Gasteiger partial charge < -0.3 is 9.64 Å². The van der Waals surface area contributed by atoms with Crippen LogP contribution in [-0.4, -0.2) is 52.9 Å². The number of ether oxygens (including phenoxy) is 1. The van der Waals surface area contributed by atoms with Crippen LogP contribution in [-0.2, 0) is 11.3 Å². The van der Waals surface area contributed by atoms with Gasteiger partial charge in [-0.05, 0) is 0 Å². The highest BCUT2D eigenvalue weighted by atomic mass is 16.5. The Bertz CT molecular complexity index is 926. The van der Waals surface area contributed by atoms with Gasteiger partial charge in [0.05, 0.1) is 25.0 Å². The van der Waals surface area contributed by atoms with Crippen molar-refractivity contribution in [1.29, 1.82) is 0 Å². The van der Waals surface area contributed by atoms with E-state index in [1.54, 1.807) is 50.0 Å². The van der Waals surface area contributed by atoms with Gasteiger partial charge in [-0.2, -0.15) is 0 Å². The molecule has 2 atom stereocenters. The van der Waals surface area contributed by atoms with Crippen molar-refractivity contribution in [2.24, 2.45) is 0 Å². The van der Waals surface area contributed by atoms with Crippen LogP contribution in [0.5, 0.6) is 0 Å². The molecule has 0 saturated carbocycles. The smallest absolute Gasteiger partial charge is 0.249 e. The second-order valence-corrected chi connectivity index (χ2v) is 6.70. The molecule has 1 aromatic heterocycles. The van der Waals surface area contributed by atoms with E-state index in [9.17, 15) is 9.59 Å². The Balaban J connectivity index is 1.80. The maximum Gasteiger partial charge on any atom is 0.249 e. The lowest BCUT2D eigenvalue weighted by Gasteiger charge is -2.26. The Hall–Kier alpha value is -2.90. The van der Waals surface area contributed by atoms with Crippen molar-refractivity contribution in [2.45, 2.75) is 19.6 Å². The van der Waals surface area contributed by atoms with Gasteiger partial charge >= 0.3 is 0 Å². The maximum absolute atomic E-state index is 13.3. The van der Waals surface area contributed by atoms with Crippen LogP contribution >= 0.6 is 0 Å². The van der Waals surface area contributed by atoms with E-state index in [1.807, 2.05) is 11.8 Å². The molecule has 0 amide bonds. The first-order valence-electron chi connectivity index (χ1n) is 8.92. The third-order valence-corrected chi connectivity index (χ3v) is 5.20. The van der Waals surface area contributed by atoms with Crippen molar-refractivity contribution in [3.8, 4) is 0 Å². The molecular formula is C20H21N4O3+. The number of Topliss-reactive ketones (excluding diaryl/α,β-unsaturated/α-hetero) is 2. The van der Waals surface area contributed by atoms with Crippen molar-refractivity contribution in [1.82, 2.24) is 14.9 Å². The Morgan fingerprint density at radius 3 is 2.56 bits per heavy atom. The van der Waals surface area contributed by atoms with E-state index in [-0.39, 0.29) is 17.7 Å². The number of carbonyl (C=O) groups excluding carboxylic acids is 2. The number of fused-ring (bicyclic) bond motifs is 1. The highest BCUT2D eigenvalue weighted by Gasteiger charge is 2.50. The molecule has 0 radical (unpaired) electrons. The summed E-state index contributed by atoms with van der Waals surface area (Å²) >= 11 is 0. The number of allylic oxidation sites excluding steroid dienone is 2. The molecule has 4 rings (SSSR count). The van der Waals surface area contributed by atoms with E-state index >= 15 is 0 Å². The molecule has 2 heterocycles. The number of hydrogen-bond acceptors (Lipinski definition) is 6. The molecule has 2 aliphatic rings. The summed E-state index contributed by atoms with van der Waals surface area (Å²) in [6.07, 6.45) is 4.84. The molecule has 1 aliphatic carbocycles. The highest BCUT2D eigenvalue weighted by molar-refractivity contribution is 6.25. The molecule has 7 heteroatoms. The van der Waals surface area contributed by atoms with Crippen LogP contribution in [0.3, 0.4) is 0 Å². The Morgan fingerprint density at radius 2 is 1.89 bits per heavy atom. The summed E-state index contributed by atoms with van der Waals surface area (Å²) in [6.45, 7) is 3.55. The predicted molar refractivity (Wildman–Crippen MR) is 96.9 cm³/mol. The zero-order valence-corrected chi connectivity index (χ0v) is 15.3. The fourth-order valence-electron chi connectivity index (χ4n) is 3.87. The fraction of sp³-hybridized carbons (Fsp3) is 0.300. The van der Waals surface area contributed by atoms with E-state index in [0.29, 0.717) is 42.2 Å². The zero-order chi connectivity index (χ0) is 19.0. The molecule has 2 aromatic rings. The first kappa shape index (κ1) is 17.5. The van der Waals surface area contributed by atoms with E-state index in [4.69, 9.17) is 4.74 Å². The van der Waals surface area contributed by atoms with E-state index < -0.39 is 0 Å². The first-order chi connectivity index (χ1) is 13.1. The molecule has 27 heavy (non-hydrogen) atoms. The second-order valence-electron chi connectivity index (χ2n) is 6.70. The lowest BCUT2D eigenvalue weighted by atomic mass is 9.90. The summed E-state index contributed by atoms with van der Waals surface area (Å²) < 4.78 is 5.24. The largest absolute Gasteiger partial charge is 0.379 e. The number of methoxy groups -OCH3 is 1. The van der Waals surface area contributed by atoms with Gasteiger partial charge in [0.1, 0.15) is 6.54 Å².